The molecule has 0 aliphatic carbocycles. The van der Waals surface area contributed by atoms with E-state index >= 15 is 0 Å². The maximum Gasteiger partial charge on any atom is 0.270 e. The van der Waals surface area contributed by atoms with E-state index in [1.807, 2.05) is 37.3 Å². The molecule has 1 aromatic heterocycles. The molecule has 0 fully saturated rings. The van der Waals surface area contributed by atoms with Crippen LogP contribution in [0.5, 0.6) is 0 Å². The highest BCUT2D eigenvalue weighted by Gasteiger charge is 2.14. The molecule has 144 valence electrons. The number of rotatable bonds is 5. The molecule has 0 atom stereocenters. The van der Waals surface area contributed by atoms with Crippen LogP contribution in [0.3, 0.4) is 0 Å². The first-order valence-corrected chi connectivity index (χ1v) is 8.63. The molecule has 2 aromatic carbocycles. The fourth-order valence-corrected chi connectivity index (χ4v) is 2.72. The minimum atomic E-state index is -0.618. The number of aromatic nitrogens is 1. The minimum absolute atomic E-state index is 0.0273. The molecule has 0 unspecified atom stereocenters. The van der Waals surface area contributed by atoms with Crippen molar-refractivity contribution in [1.82, 2.24) is 4.57 Å². The number of aryl methyl sites for hydroxylation is 1. The molecule has 1 N–H and O–H groups in total. The predicted octanol–water partition coefficient (Wildman–Crippen LogP) is 3.24. The molecule has 0 aliphatic heterocycles. The molecule has 0 bridgehead atoms. The molecule has 0 aliphatic rings. The number of anilines is 1. The number of nitro benzene ring substituents is 1. The second-order valence-corrected chi connectivity index (χ2v) is 6.42. The van der Waals surface area contributed by atoms with Gasteiger partial charge in [-0.1, -0.05) is 29.8 Å². The number of benzene rings is 2. The number of nitrogens with zero attached hydrogens (tertiary/aromatic N) is 3. The van der Waals surface area contributed by atoms with Gasteiger partial charge in [0.25, 0.3) is 17.2 Å². The van der Waals surface area contributed by atoms with Crippen LogP contribution in [0.15, 0.2) is 65.6 Å². The summed E-state index contributed by atoms with van der Waals surface area (Å²) in [5.41, 5.74) is 1.86. The molecule has 8 nitrogen and oxygen atoms in total. The lowest BCUT2D eigenvalue weighted by Crippen LogP contribution is -2.22. The van der Waals surface area contributed by atoms with Crippen molar-refractivity contribution in [2.75, 3.05) is 5.32 Å². The van der Waals surface area contributed by atoms with Gasteiger partial charge in [-0.2, -0.15) is 5.26 Å². The maximum atomic E-state index is 12.6. The Kier molecular flexibility index (Phi) is 5.51. The zero-order chi connectivity index (χ0) is 21.0. The quantitative estimate of drug-likeness (QED) is 0.532. The third-order valence-electron chi connectivity index (χ3n) is 4.30. The van der Waals surface area contributed by atoms with E-state index in [1.165, 1.54) is 35.0 Å². The monoisotopic (exact) mass is 388 g/mol. The lowest BCUT2D eigenvalue weighted by atomic mass is 10.1. The van der Waals surface area contributed by atoms with Gasteiger partial charge in [-0.15, -0.1) is 0 Å². The molecule has 0 radical (unpaired) electrons. The van der Waals surface area contributed by atoms with Crippen LogP contribution in [0.1, 0.15) is 27.0 Å². The van der Waals surface area contributed by atoms with Crippen LogP contribution in [0.25, 0.3) is 0 Å². The largest absolute Gasteiger partial charge is 0.321 e. The molecule has 1 amide bonds. The summed E-state index contributed by atoms with van der Waals surface area (Å²) < 4.78 is 1.42. The molecular weight excluding hydrogens is 372 g/mol. The summed E-state index contributed by atoms with van der Waals surface area (Å²) in [5.74, 6) is -0.534. The van der Waals surface area contributed by atoms with E-state index in [2.05, 4.69) is 5.32 Å². The van der Waals surface area contributed by atoms with E-state index in [-0.39, 0.29) is 28.1 Å². The van der Waals surface area contributed by atoms with E-state index in [1.54, 1.807) is 0 Å². The van der Waals surface area contributed by atoms with Gasteiger partial charge >= 0.3 is 0 Å². The Hall–Kier alpha value is -4.25. The van der Waals surface area contributed by atoms with Gasteiger partial charge in [-0.3, -0.25) is 19.7 Å². The van der Waals surface area contributed by atoms with Gasteiger partial charge in [0.2, 0.25) is 0 Å². The minimum Gasteiger partial charge on any atom is -0.321 e. The number of nitriles is 1. The van der Waals surface area contributed by atoms with Crippen molar-refractivity contribution in [3.8, 4) is 6.07 Å². The zero-order valence-electron chi connectivity index (χ0n) is 15.5. The van der Waals surface area contributed by atoms with Crippen LogP contribution < -0.4 is 10.9 Å². The third-order valence-corrected chi connectivity index (χ3v) is 4.30. The van der Waals surface area contributed by atoms with Gasteiger partial charge in [-0.05, 0) is 24.6 Å². The molecule has 8 heteroatoms. The lowest BCUT2D eigenvalue weighted by Gasteiger charge is -2.10. The van der Waals surface area contributed by atoms with Gasteiger partial charge in [0.15, 0.2) is 0 Å². The van der Waals surface area contributed by atoms with Crippen LogP contribution in [-0.4, -0.2) is 15.4 Å². The molecule has 1 heterocycles. The zero-order valence-corrected chi connectivity index (χ0v) is 15.5. The van der Waals surface area contributed by atoms with Gasteiger partial charge in [0, 0.05) is 24.4 Å². The Morgan fingerprint density at radius 2 is 1.90 bits per heavy atom. The summed E-state index contributed by atoms with van der Waals surface area (Å²) in [6, 6.07) is 15.8. The number of amides is 1. The Morgan fingerprint density at radius 3 is 2.55 bits per heavy atom. The summed E-state index contributed by atoms with van der Waals surface area (Å²) in [7, 11) is 0. The van der Waals surface area contributed by atoms with Gasteiger partial charge < -0.3 is 9.88 Å². The Labute approximate surface area is 165 Å². The van der Waals surface area contributed by atoms with Crippen molar-refractivity contribution >= 4 is 17.3 Å². The van der Waals surface area contributed by atoms with Gasteiger partial charge in [-0.25, -0.2) is 0 Å². The highest BCUT2D eigenvalue weighted by Crippen LogP contribution is 2.22. The second kappa shape index (κ2) is 8.19. The summed E-state index contributed by atoms with van der Waals surface area (Å²) in [6.45, 7) is 2.27. The van der Waals surface area contributed by atoms with Crippen LogP contribution in [0.2, 0.25) is 0 Å². The maximum absolute atomic E-state index is 12.6. The van der Waals surface area contributed by atoms with Gasteiger partial charge in [0.1, 0.15) is 6.07 Å². The first kappa shape index (κ1) is 19.5. The Morgan fingerprint density at radius 1 is 1.17 bits per heavy atom. The summed E-state index contributed by atoms with van der Waals surface area (Å²) in [6.07, 6.45) is 1.44. The van der Waals surface area contributed by atoms with Crippen LogP contribution in [-0.2, 0) is 6.54 Å². The molecule has 3 aromatic rings. The van der Waals surface area contributed by atoms with Crippen LogP contribution >= 0.6 is 0 Å². The number of hydrogen-bond acceptors (Lipinski definition) is 5. The Bertz CT molecular complexity index is 1190. The standard InChI is InChI=1S/C21H16N4O4/c1-14-2-4-15(5-3-14)12-24-13-16(6-9-20(24)26)21(27)23-19-8-7-18(25(28)29)10-17(19)11-22/h2-10,13H,12H2,1H3,(H,23,27). The summed E-state index contributed by atoms with van der Waals surface area (Å²) >= 11 is 0. The van der Waals surface area contributed by atoms with E-state index < -0.39 is 10.8 Å². The van der Waals surface area contributed by atoms with Crippen molar-refractivity contribution in [2.45, 2.75) is 13.5 Å². The molecule has 0 saturated heterocycles. The van der Waals surface area contributed by atoms with Crippen molar-refractivity contribution in [1.29, 1.82) is 5.26 Å². The molecule has 0 saturated carbocycles. The molecule has 29 heavy (non-hydrogen) atoms. The smallest absolute Gasteiger partial charge is 0.270 e. The van der Waals surface area contributed by atoms with Crippen molar-refractivity contribution in [3.63, 3.8) is 0 Å². The normalized spacial score (nSPS) is 10.2. The fraction of sp³-hybridized carbons (Fsp3) is 0.0952. The molecule has 3 rings (SSSR count). The summed E-state index contributed by atoms with van der Waals surface area (Å²) in [4.78, 5) is 35.0. The molecule has 0 spiro atoms. The van der Waals surface area contributed by atoms with Crippen molar-refractivity contribution in [2.24, 2.45) is 0 Å². The first-order valence-electron chi connectivity index (χ1n) is 8.63. The van der Waals surface area contributed by atoms with E-state index in [0.29, 0.717) is 6.54 Å². The topological polar surface area (TPSA) is 118 Å². The van der Waals surface area contributed by atoms with Crippen LogP contribution in [0, 0.1) is 28.4 Å². The SMILES string of the molecule is Cc1ccc(Cn2cc(C(=O)Nc3ccc([N+](=O)[O-])cc3C#N)ccc2=O)cc1. The van der Waals surface area contributed by atoms with Crippen molar-refractivity contribution < 1.29 is 9.72 Å². The number of nitro groups is 1. The third kappa shape index (κ3) is 4.54. The Balaban J connectivity index is 1.85. The molecular formula is C21H16N4O4. The van der Waals surface area contributed by atoms with Crippen LogP contribution in [0.4, 0.5) is 11.4 Å². The first-order chi connectivity index (χ1) is 13.9. The number of carbonyl (C=O) groups is 1. The number of nitrogens with one attached hydrogen (secondary N) is 1. The lowest BCUT2D eigenvalue weighted by molar-refractivity contribution is -0.384. The number of non-ortho nitro benzene ring substituents is 1. The average molecular weight is 388 g/mol. The number of carbonyl (C=O) groups excluding carboxylic acids is 1. The van der Waals surface area contributed by atoms with E-state index in [0.717, 1.165) is 17.2 Å². The summed E-state index contributed by atoms with van der Waals surface area (Å²) in [5, 5.41) is 22.6. The van der Waals surface area contributed by atoms with Crippen molar-refractivity contribution in [3.05, 3.63) is 104 Å². The fourth-order valence-electron chi connectivity index (χ4n) is 2.72. The average Bonchev–Trinajstić information content (AvgIpc) is 2.71. The number of hydrogen-bond donors (Lipinski definition) is 1. The van der Waals surface area contributed by atoms with E-state index in [4.69, 9.17) is 0 Å². The second-order valence-electron chi connectivity index (χ2n) is 6.42. The number of pyridine rings is 1. The highest BCUT2D eigenvalue weighted by atomic mass is 16.6. The van der Waals surface area contributed by atoms with E-state index in [9.17, 15) is 25.0 Å². The predicted molar refractivity (Wildman–Crippen MR) is 107 cm³/mol. The van der Waals surface area contributed by atoms with Gasteiger partial charge in [0.05, 0.1) is 28.3 Å². The highest BCUT2D eigenvalue weighted by molar-refractivity contribution is 6.04.